The molecule has 0 aliphatic carbocycles. The molecule has 0 saturated carbocycles. The second-order valence-corrected chi connectivity index (χ2v) is 4.75. The summed E-state index contributed by atoms with van der Waals surface area (Å²) in [5.41, 5.74) is 3.29. The fourth-order valence-electron chi connectivity index (χ4n) is 1.82. The monoisotopic (exact) mass is 275 g/mol. The first-order valence-electron chi connectivity index (χ1n) is 5.88. The highest BCUT2D eigenvalue weighted by Crippen LogP contribution is 2.21. The molecule has 0 bridgehead atoms. The molecule has 0 saturated heterocycles. The number of halogens is 1. The van der Waals surface area contributed by atoms with Gasteiger partial charge in [-0.15, -0.1) is 0 Å². The molecular formula is C15H14ClNO2. The quantitative estimate of drug-likeness (QED) is 0.888. The summed E-state index contributed by atoms with van der Waals surface area (Å²) >= 11 is 5.91. The molecule has 0 aliphatic rings. The van der Waals surface area contributed by atoms with E-state index < -0.39 is 5.97 Å². The largest absolute Gasteiger partial charge is 0.478 e. The molecule has 0 radical (unpaired) electrons. The van der Waals surface area contributed by atoms with Crippen molar-refractivity contribution in [3.05, 3.63) is 64.2 Å². The molecule has 2 rings (SSSR count). The van der Waals surface area contributed by atoms with Gasteiger partial charge in [-0.2, -0.15) is 0 Å². The molecule has 98 valence electrons. The second kappa shape index (κ2) is 5.76. The number of carboxylic acid groups (broad SMARTS) is 1. The molecule has 0 aromatic heterocycles. The van der Waals surface area contributed by atoms with Crippen LogP contribution in [0.3, 0.4) is 0 Å². The van der Waals surface area contributed by atoms with Crippen molar-refractivity contribution in [1.29, 1.82) is 0 Å². The minimum absolute atomic E-state index is 0.114. The van der Waals surface area contributed by atoms with Gasteiger partial charge >= 0.3 is 5.97 Å². The van der Waals surface area contributed by atoms with Crippen LogP contribution in [0.2, 0.25) is 5.02 Å². The molecule has 2 aromatic rings. The van der Waals surface area contributed by atoms with E-state index in [0.717, 1.165) is 5.69 Å². The van der Waals surface area contributed by atoms with Gasteiger partial charge < -0.3 is 10.4 Å². The van der Waals surface area contributed by atoms with E-state index in [1.807, 2.05) is 25.1 Å². The predicted octanol–water partition coefficient (Wildman–Crippen LogP) is 3.96. The third-order valence-electron chi connectivity index (χ3n) is 2.78. The molecule has 2 aromatic carbocycles. The zero-order valence-corrected chi connectivity index (χ0v) is 11.2. The highest BCUT2D eigenvalue weighted by atomic mass is 35.5. The summed E-state index contributed by atoms with van der Waals surface area (Å²) in [6.45, 7) is 2.71. The standard InChI is InChI=1S/C15H14ClNO2/c1-10-3-2-4-11(7-10)9-17-12-5-6-13(15(18)19)14(16)8-12/h2-8,17H,9H2,1H3,(H,18,19). The van der Waals surface area contributed by atoms with Gasteiger partial charge in [0.15, 0.2) is 0 Å². The zero-order valence-electron chi connectivity index (χ0n) is 10.5. The Balaban J connectivity index is 2.08. The normalized spacial score (nSPS) is 10.2. The van der Waals surface area contributed by atoms with Gasteiger partial charge in [0.2, 0.25) is 0 Å². The van der Waals surface area contributed by atoms with E-state index in [0.29, 0.717) is 6.54 Å². The molecule has 0 atom stereocenters. The maximum Gasteiger partial charge on any atom is 0.337 e. The van der Waals surface area contributed by atoms with Crippen LogP contribution in [-0.2, 0) is 6.54 Å². The number of benzene rings is 2. The first kappa shape index (κ1) is 13.4. The van der Waals surface area contributed by atoms with Gasteiger partial charge in [0.1, 0.15) is 0 Å². The molecule has 3 nitrogen and oxygen atoms in total. The van der Waals surface area contributed by atoms with Crippen LogP contribution in [0.25, 0.3) is 0 Å². The number of rotatable bonds is 4. The Bertz CT molecular complexity index is 611. The van der Waals surface area contributed by atoms with Crippen molar-refractivity contribution in [3.8, 4) is 0 Å². The Morgan fingerprint density at radius 2 is 2.05 bits per heavy atom. The number of carbonyl (C=O) groups is 1. The summed E-state index contributed by atoms with van der Waals surface area (Å²) in [6, 6.07) is 13.0. The summed E-state index contributed by atoms with van der Waals surface area (Å²) in [5, 5.41) is 12.3. The Hall–Kier alpha value is -2.00. The third kappa shape index (κ3) is 3.48. The van der Waals surface area contributed by atoms with Gasteiger partial charge in [0, 0.05) is 12.2 Å². The summed E-state index contributed by atoms with van der Waals surface area (Å²) in [7, 11) is 0. The molecule has 0 heterocycles. The summed E-state index contributed by atoms with van der Waals surface area (Å²) < 4.78 is 0. The van der Waals surface area contributed by atoms with E-state index in [2.05, 4.69) is 11.4 Å². The van der Waals surface area contributed by atoms with Crippen molar-refractivity contribution in [1.82, 2.24) is 0 Å². The number of nitrogens with one attached hydrogen (secondary N) is 1. The highest BCUT2D eigenvalue weighted by Gasteiger charge is 2.08. The molecule has 19 heavy (non-hydrogen) atoms. The molecule has 0 amide bonds. The van der Waals surface area contributed by atoms with Crippen LogP contribution in [0.5, 0.6) is 0 Å². The maximum atomic E-state index is 10.8. The summed E-state index contributed by atoms with van der Waals surface area (Å²) in [5.74, 6) is -1.02. The van der Waals surface area contributed by atoms with Crippen LogP contribution in [0, 0.1) is 6.92 Å². The van der Waals surface area contributed by atoms with Crippen LogP contribution in [-0.4, -0.2) is 11.1 Å². The SMILES string of the molecule is Cc1cccc(CNc2ccc(C(=O)O)c(Cl)c2)c1. The van der Waals surface area contributed by atoms with Crippen molar-refractivity contribution >= 4 is 23.3 Å². The topological polar surface area (TPSA) is 49.3 Å². The third-order valence-corrected chi connectivity index (χ3v) is 3.09. The lowest BCUT2D eigenvalue weighted by atomic mass is 10.1. The van der Waals surface area contributed by atoms with Crippen LogP contribution >= 0.6 is 11.6 Å². The Morgan fingerprint density at radius 1 is 1.26 bits per heavy atom. The molecular weight excluding hydrogens is 262 g/mol. The van der Waals surface area contributed by atoms with Crippen LogP contribution in [0.4, 0.5) is 5.69 Å². The number of hydrogen-bond donors (Lipinski definition) is 2. The molecule has 0 fully saturated rings. The van der Waals surface area contributed by atoms with Gasteiger partial charge in [-0.05, 0) is 30.7 Å². The van der Waals surface area contributed by atoms with E-state index in [1.165, 1.54) is 17.2 Å². The molecule has 2 N–H and O–H groups in total. The molecule has 0 unspecified atom stereocenters. The zero-order chi connectivity index (χ0) is 13.8. The van der Waals surface area contributed by atoms with Crippen LogP contribution in [0.15, 0.2) is 42.5 Å². The lowest BCUT2D eigenvalue weighted by Crippen LogP contribution is -2.02. The fourth-order valence-corrected chi connectivity index (χ4v) is 2.09. The lowest BCUT2D eigenvalue weighted by molar-refractivity contribution is 0.0697. The van der Waals surface area contributed by atoms with E-state index in [1.54, 1.807) is 12.1 Å². The summed E-state index contributed by atoms with van der Waals surface area (Å²) in [6.07, 6.45) is 0. The van der Waals surface area contributed by atoms with Gasteiger partial charge in [-0.25, -0.2) is 4.79 Å². The van der Waals surface area contributed by atoms with Gasteiger partial charge in [-0.1, -0.05) is 41.4 Å². The highest BCUT2D eigenvalue weighted by molar-refractivity contribution is 6.33. The second-order valence-electron chi connectivity index (χ2n) is 4.34. The fraction of sp³-hybridized carbons (Fsp3) is 0.133. The number of hydrogen-bond acceptors (Lipinski definition) is 2. The van der Waals surface area contributed by atoms with Gasteiger partial charge in [0.05, 0.1) is 10.6 Å². The van der Waals surface area contributed by atoms with Crippen LogP contribution < -0.4 is 5.32 Å². The Kier molecular flexibility index (Phi) is 4.07. The number of anilines is 1. The predicted molar refractivity (Wildman–Crippen MR) is 76.9 cm³/mol. The molecule has 0 spiro atoms. The van der Waals surface area contributed by atoms with E-state index in [-0.39, 0.29) is 10.6 Å². The first-order chi connectivity index (χ1) is 9.06. The maximum absolute atomic E-state index is 10.8. The van der Waals surface area contributed by atoms with Crippen molar-refractivity contribution < 1.29 is 9.90 Å². The van der Waals surface area contributed by atoms with Crippen molar-refractivity contribution in [3.63, 3.8) is 0 Å². The number of aryl methyl sites for hydroxylation is 1. The van der Waals surface area contributed by atoms with Crippen molar-refractivity contribution in [2.75, 3.05) is 5.32 Å². The number of aromatic carboxylic acids is 1. The molecule has 4 heteroatoms. The summed E-state index contributed by atoms with van der Waals surface area (Å²) in [4.78, 5) is 10.8. The van der Waals surface area contributed by atoms with Crippen molar-refractivity contribution in [2.24, 2.45) is 0 Å². The average Bonchev–Trinajstić information content (AvgIpc) is 2.36. The van der Waals surface area contributed by atoms with E-state index in [9.17, 15) is 4.79 Å². The Labute approximate surface area is 116 Å². The minimum atomic E-state index is -1.02. The average molecular weight is 276 g/mol. The lowest BCUT2D eigenvalue weighted by Gasteiger charge is -2.08. The molecule has 0 aliphatic heterocycles. The Morgan fingerprint density at radius 3 is 2.68 bits per heavy atom. The smallest absolute Gasteiger partial charge is 0.337 e. The number of carboxylic acids is 1. The minimum Gasteiger partial charge on any atom is -0.478 e. The van der Waals surface area contributed by atoms with Crippen LogP contribution in [0.1, 0.15) is 21.5 Å². The van der Waals surface area contributed by atoms with E-state index >= 15 is 0 Å². The van der Waals surface area contributed by atoms with Gasteiger partial charge in [0.25, 0.3) is 0 Å². The van der Waals surface area contributed by atoms with Gasteiger partial charge in [-0.3, -0.25) is 0 Å². The van der Waals surface area contributed by atoms with E-state index in [4.69, 9.17) is 16.7 Å². The van der Waals surface area contributed by atoms with Crippen molar-refractivity contribution in [2.45, 2.75) is 13.5 Å². The first-order valence-corrected chi connectivity index (χ1v) is 6.26.